The van der Waals surface area contributed by atoms with Gasteiger partial charge in [-0.2, -0.15) is 0 Å². The molecule has 0 aromatic carbocycles. The Morgan fingerprint density at radius 1 is 0.944 bits per heavy atom. The van der Waals surface area contributed by atoms with E-state index in [9.17, 15) is 10.0 Å². The van der Waals surface area contributed by atoms with Crippen molar-refractivity contribution in [3.05, 3.63) is 12.2 Å². The van der Waals surface area contributed by atoms with Gasteiger partial charge in [0.15, 0.2) is 0 Å². The van der Waals surface area contributed by atoms with Crippen LogP contribution in [0.2, 0.25) is 0 Å². The molecule has 0 aliphatic heterocycles. The molecule has 9 atom stereocenters. The van der Waals surface area contributed by atoms with E-state index >= 15 is 0 Å². The van der Waals surface area contributed by atoms with Crippen molar-refractivity contribution in [3.8, 4) is 0 Å². The molecule has 1 N–H and O–H groups in total. The summed E-state index contributed by atoms with van der Waals surface area (Å²) in [5.41, 5.74) is 3.32. The van der Waals surface area contributed by atoms with Crippen molar-refractivity contribution < 1.29 is 14.7 Å². The summed E-state index contributed by atoms with van der Waals surface area (Å²) in [6, 6.07) is 0. The summed E-state index contributed by atoms with van der Waals surface area (Å²) in [5, 5.41) is 13.6. The molecule has 202 valence electrons. The van der Waals surface area contributed by atoms with E-state index < -0.39 is 0 Å². The summed E-state index contributed by atoms with van der Waals surface area (Å²) in [7, 11) is 0. The summed E-state index contributed by atoms with van der Waals surface area (Å²) in [5.74, 6) is 2.93. The number of rotatable bonds is 3. The van der Waals surface area contributed by atoms with Gasteiger partial charge in [0.2, 0.25) is 0 Å². The fourth-order valence-corrected chi connectivity index (χ4v) is 11.8. The number of ether oxygens (including phenoxy) is 1. The van der Waals surface area contributed by atoms with Gasteiger partial charge in [0.05, 0.1) is 12.3 Å². The summed E-state index contributed by atoms with van der Waals surface area (Å²) in [4.78, 5) is 11.9. The normalized spacial score (nSPS) is 50.4. The molecule has 5 fully saturated rings. The molecule has 5 saturated carbocycles. The molecule has 4 nitrogen and oxygen atoms in total. The first-order chi connectivity index (χ1) is 16.8. The van der Waals surface area contributed by atoms with Crippen LogP contribution in [-0.2, 0) is 9.53 Å². The zero-order valence-electron chi connectivity index (χ0n) is 24.1. The Kier molecular flexibility index (Phi) is 6.09. The van der Waals surface area contributed by atoms with E-state index in [2.05, 4.69) is 53.3 Å². The zero-order chi connectivity index (χ0) is 26.3. The third-order valence-electron chi connectivity index (χ3n) is 13.7. The standard InChI is InChI=1S/C32H51NO3/c1-20(2)22-11-16-32(19-36-21(3)34)18-17-30(7)23(27(22)32)9-10-25-29(6)14-13-26(33-35)28(4,5)24(29)12-15-31(25,30)8/h22-25,27,35H,1,9-19H2,2-8H3/b33-26+/t22-,23+,24?,25+,27?,29-,30+,31+,32+/m0/s1. The molecule has 36 heavy (non-hydrogen) atoms. The molecule has 0 bridgehead atoms. The number of hydrogen-bond acceptors (Lipinski definition) is 4. The second-order valence-electron chi connectivity index (χ2n) is 15.1. The van der Waals surface area contributed by atoms with Crippen molar-refractivity contribution in [3.63, 3.8) is 0 Å². The molecular formula is C32H51NO3. The maximum Gasteiger partial charge on any atom is 0.302 e. The minimum atomic E-state index is -0.136. The maximum absolute atomic E-state index is 11.9. The molecule has 2 unspecified atom stereocenters. The van der Waals surface area contributed by atoms with Crippen LogP contribution < -0.4 is 0 Å². The quantitative estimate of drug-likeness (QED) is 0.186. The molecule has 0 spiro atoms. The number of nitrogens with zero attached hydrogens (tertiary/aromatic N) is 1. The van der Waals surface area contributed by atoms with E-state index in [1.807, 2.05) is 0 Å². The van der Waals surface area contributed by atoms with Crippen LogP contribution in [0.5, 0.6) is 0 Å². The van der Waals surface area contributed by atoms with Gasteiger partial charge in [0.1, 0.15) is 0 Å². The van der Waals surface area contributed by atoms with Gasteiger partial charge in [-0.3, -0.25) is 4.79 Å². The van der Waals surface area contributed by atoms with Gasteiger partial charge in [-0.05, 0) is 117 Å². The molecule has 0 aromatic rings. The smallest absolute Gasteiger partial charge is 0.302 e. The van der Waals surface area contributed by atoms with E-state index in [4.69, 9.17) is 4.74 Å². The van der Waals surface area contributed by atoms with E-state index in [-0.39, 0.29) is 22.2 Å². The predicted molar refractivity (Wildman–Crippen MR) is 145 cm³/mol. The van der Waals surface area contributed by atoms with Crippen LogP contribution >= 0.6 is 0 Å². The number of fused-ring (bicyclic) bond motifs is 7. The van der Waals surface area contributed by atoms with Crippen LogP contribution in [0.15, 0.2) is 17.3 Å². The largest absolute Gasteiger partial charge is 0.465 e. The Morgan fingerprint density at radius 2 is 1.67 bits per heavy atom. The van der Waals surface area contributed by atoms with Crippen LogP contribution in [-0.4, -0.2) is 23.5 Å². The third-order valence-corrected chi connectivity index (χ3v) is 13.7. The molecular weight excluding hydrogens is 446 g/mol. The van der Waals surface area contributed by atoms with Crippen molar-refractivity contribution >= 4 is 11.7 Å². The SMILES string of the molecule is C=C(C)[C@@H]1CC[C@]2(COC(C)=O)CC[C@]3(C)[C@H](CC[C@@H]4[C@@]5(C)CC/C(=N\O)C(C)(C)C5CC[C@]43C)C12. The van der Waals surface area contributed by atoms with Crippen molar-refractivity contribution in [2.45, 2.75) is 113 Å². The fraction of sp³-hybridized carbons (Fsp3) is 0.875. The highest BCUT2D eigenvalue weighted by Crippen LogP contribution is 2.77. The van der Waals surface area contributed by atoms with E-state index in [0.717, 1.165) is 18.6 Å². The lowest BCUT2D eigenvalue weighted by Crippen LogP contribution is -2.66. The Labute approximate surface area is 219 Å². The summed E-state index contributed by atoms with van der Waals surface area (Å²) in [6.07, 6.45) is 12.0. The zero-order valence-corrected chi connectivity index (χ0v) is 24.1. The number of allylic oxidation sites excluding steroid dienone is 1. The van der Waals surface area contributed by atoms with Crippen molar-refractivity contribution in [2.24, 2.45) is 61.8 Å². The highest BCUT2D eigenvalue weighted by molar-refractivity contribution is 5.90. The summed E-state index contributed by atoms with van der Waals surface area (Å²) < 4.78 is 5.79. The minimum absolute atomic E-state index is 0.0386. The van der Waals surface area contributed by atoms with Gasteiger partial charge in [-0.1, -0.05) is 51.9 Å². The Bertz CT molecular complexity index is 968. The first kappa shape index (κ1) is 26.3. The number of esters is 1. The Hall–Kier alpha value is -1.32. The summed E-state index contributed by atoms with van der Waals surface area (Å²) in [6.45, 7) is 21.5. The van der Waals surface area contributed by atoms with Crippen LogP contribution in [0.4, 0.5) is 0 Å². The Morgan fingerprint density at radius 3 is 2.31 bits per heavy atom. The molecule has 4 heteroatoms. The van der Waals surface area contributed by atoms with Crippen LogP contribution in [0.3, 0.4) is 0 Å². The molecule has 0 radical (unpaired) electrons. The van der Waals surface area contributed by atoms with Gasteiger partial charge in [0, 0.05) is 17.8 Å². The van der Waals surface area contributed by atoms with E-state index in [0.29, 0.717) is 47.0 Å². The highest BCUT2D eigenvalue weighted by Gasteiger charge is 2.70. The number of oxime groups is 1. The predicted octanol–water partition coefficient (Wildman–Crippen LogP) is 8.04. The number of carbonyl (C=O) groups excluding carboxylic acids is 1. The first-order valence-corrected chi connectivity index (χ1v) is 14.8. The summed E-state index contributed by atoms with van der Waals surface area (Å²) >= 11 is 0. The maximum atomic E-state index is 11.9. The topological polar surface area (TPSA) is 58.9 Å². The average Bonchev–Trinajstić information content (AvgIpc) is 3.18. The highest BCUT2D eigenvalue weighted by atomic mass is 16.5. The molecule has 0 aromatic heterocycles. The molecule has 5 aliphatic rings. The van der Waals surface area contributed by atoms with E-state index in [1.54, 1.807) is 6.92 Å². The van der Waals surface area contributed by atoms with Crippen molar-refractivity contribution in [2.75, 3.05) is 6.61 Å². The van der Waals surface area contributed by atoms with Crippen LogP contribution in [0.25, 0.3) is 0 Å². The number of hydrogen-bond donors (Lipinski definition) is 1. The molecule has 0 saturated heterocycles. The first-order valence-electron chi connectivity index (χ1n) is 14.8. The molecule has 0 heterocycles. The average molecular weight is 498 g/mol. The van der Waals surface area contributed by atoms with Crippen molar-refractivity contribution in [1.82, 2.24) is 0 Å². The lowest BCUT2D eigenvalue weighted by molar-refractivity contribution is -0.231. The molecule has 5 rings (SSSR count). The van der Waals surface area contributed by atoms with Crippen molar-refractivity contribution in [1.29, 1.82) is 0 Å². The van der Waals surface area contributed by atoms with E-state index in [1.165, 1.54) is 56.9 Å². The van der Waals surface area contributed by atoms with Gasteiger partial charge in [-0.25, -0.2) is 0 Å². The van der Waals surface area contributed by atoms with Crippen LogP contribution in [0.1, 0.15) is 113 Å². The van der Waals surface area contributed by atoms with Gasteiger partial charge in [-0.15, -0.1) is 0 Å². The monoisotopic (exact) mass is 497 g/mol. The Balaban J connectivity index is 1.53. The van der Waals surface area contributed by atoms with Gasteiger partial charge < -0.3 is 9.94 Å². The molecule has 5 aliphatic carbocycles. The van der Waals surface area contributed by atoms with Crippen LogP contribution in [0, 0.1) is 56.7 Å². The van der Waals surface area contributed by atoms with Gasteiger partial charge >= 0.3 is 5.97 Å². The number of carbonyl (C=O) groups is 1. The lowest BCUT2D eigenvalue weighted by Gasteiger charge is -2.72. The third kappa shape index (κ3) is 3.30. The van der Waals surface area contributed by atoms with Gasteiger partial charge in [0.25, 0.3) is 0 Å². The minimum Gasteiger partial charge on any atom is -0.465 e. The lowest BCUT2D eigenvalue weighted by atomic mass is 9.32. The second-order valence-corrected chi connectivity index (χ2v) is 15.1. The fourth-order valence-electron chi connectivity index (χ4n) is 11.8. The second kappa shape index (κ2) is 8.34. The molecule has 0 amide bonds.